The van der Waals surface area contributed by atoms with Gasteiger partial charge in [-0.25, -0.2) is 0 Å². The molecule has 1 fully saturated rings. The van der Waals surface area contributed by atoms with Gasteiger partial charge in [0.25, 0.3) is 5.91 Å². The molecule has 2 aromatic carbocycles. The van der Waals surface area contributed by atoms with Crippen molar-refractivity contribution in [1.82, 2.24) is 5.32 Å². The summed E-state index contributed by atoms with van der Waals surface area (Å²) in [6.45, 7) is 0. The van der Waals surface area contributed by atoms with Crippen LogP contribution < -0.4 is 15.4 Å². The first-order valence-electron chi connectivity index (χ1n) is 8.11. The maximum Gasteiger partial charge on any atom is 0.251 e. The van der Waals surface area contributed by atoms with E-state index in [1.165, 1.54) is 11.8 Å². The highest BCUT2D eigenvalue weighted by Crippen LogP contribution is 2.22. The molecule has 1 aliphatic carbocycles. The number of carbonyl (C=O) groups is 2. The van der Waals surface area contributed by atoms with Gasteiger partial charge in [0.05, 0.1) is 12.9 Å². The highest BCUT2D eigenvalue weighted by atomic mass is 32.2. The van der Waals surface area contributed by atoms with E-state index in [1.54, 1.807) is 31.4 Å². The van der Waals surface area contributed by atoms with Gasteiger partial charge in [0, 0.05) is 22.2 Å². The van der Waals surface area contributed by atoms with Crippen LogP contribution in [0.3, 0.4) is 0 Å². The molecule has 0 unspecified atom stereocenters. The molecule has 1 saturated carbocycles. The summed E-state index contributed by atoms with van der Waals surface area (Å²) in [5.74, 6) is 0.882. The topological polar surface area (TPSA) is 67.4 Å². The van der Waals surface area contributed by atoms with E-state index in [2.05, 4.69) is 10.6 Å². The lowest BCUT2D eigenvalue weighted by Gasteiger charge is -2.08. The Bertz CT molecular complexity index is 758. The molecule has 2 N–H and O–H groups in total. The van der Waals surface area contributed by atoms with Crippen LogP contribution in [0.25, 0.3) is 0 Å². The van der Waals surface area contributed by atoms with Gasteiger partial charge in [-0.3, -0.25) is 9.59 Å². The van der Waals surface area contributed by atoms with Gasteiger partial charge in [-0.05, 0) is 55.3 Å². The highest BCUT2D eigenvalue weighted by Gasteiger charge is 2.23. The van der Waals surface area contributed by atoms with Crippen molar-refractivity contribution < 1.29 is 14.3 Å². The molecule has 0 spiro atoms. The van der Waals surface area contributed by atoms with E-state index in [0.717, 1.165) is 23.5 Å². The van der Waals surface area contributed by atoms with Crippen LogP contribution in [0.2, 0.25) is 0 Å². The molecule has 0 bridgehead atoms. The van der Waals surface area contributed by atoms with Gasteiger partial charge >= 0.3 is 0 Å². The Morgan fingerprint density at radius 1 is 1.16 bits per heavy atom. The van der Waals surface area contributed by atoms with Crippen LogP contribution in [0.15, 0.2) is 53.4 Å². The SMILES string of the molecule is COc1ccc(SCC(=O)Nc2cccc(C(=O)NC3CC3)c2)cc1. The number of rotatable bonds is 7. The van der Waals surface area contributed by atoms with Crippen LogP contribution in [0.5, 0.6) is 5.75 Å². The zero-order valence-electron chi connectivity index (χ0n) is 14.0. The van der Waals surface area contributed by atoms with Gasteiger partial charge < -0.3 is 15.4 Å². The number of amides is 2. The number of anilines is 1. The standard InChI is InChI=1S/C19H20N2O3S/c1-24-16-7-9-17(10-8-16)25-12-18(22)20-15-4-2-3-13(11-15)19(23)21-14-5-6-14/h2-4,7-11,14H,5-6,12H2,1H3,(H,20,22)(H,21,23). The normalized spacial score (nSPS) is 13.2. The Balaban J connectivity index is 1.52. The fourth-order valence-electron chi connectivity index (χ4n) is 2.25. The minimum Gasteiger partial charge on any atom is -0.497 e. The largest absolute Gasteiger partial charge is 0.497 e. The average molecular weight is 356 g/mol. The van der Waals surface area contributed by atoms with Gasteiger partial charge in [0.1, 0.15) is 5.75 Å². The summed E-state index contributed by atoms with van der Waals surface area (Å²) in [4.78, 5) is 25.2. The van der Waals surface area contributed by atoms with E-state index >= 15 is 0 Å². The Labute approximate surface area is 151 Å². The molecule has 3 rings (SSSR count). The van der Waals surface area contributed by atoms with Crippen molar-refractivity contribution in [2.75, 3.05) is 18.2 Å². The van der Waals surface area contributed by atoms with Gasteiger partial charge in [0.2, 0.25) is 5.91 Å². The van der Waals surface area contributed by atoms with Crippen LogP contribution in [-0.4, -0.2) is 30.7 Å². The number of methoxy groups -OCH3 is 1. The molecule has 0 radical (unpaired) electrons. The first kappa shape index (κ1) is 17.4. The number of thioether (sulfide) groups is 1. The van der Waals surface area contributed by atoms with E-state index in [4.69, 9.17) is 4.74 Å². The monoisotopic (exact) mass is 356 g/mol. The van der Waals surface area contributed by atoms with Crippen LogP contribution in [0.4, 0.5) is 5.69 Å². The molecule has 1 aliphatic rings. The van der Waals surface area contributed by atoms with Crippen LogP contribution in [0.1, 0.15) is 23.2 Å². The predicted octanol–water partition coefficient (Wildman–Crippen LogP) is 3.32. The number of hydrogen-bond donors (Lipinski definition) is 2. The zero-order chi connectivity index (χ0) is 17.6. The van der Waals surface area contributed by atoms with Crippen LogP contribution in [-0.2, 0) is 4.79 Å². The van der Waals surface area contributed by atoms with Gasteiger partial charge in [0.15, 0.2) is 0 Å². The maximum atomic E-state index is 12.1. The van der Waals surface area contributed by atoms with Crippen molar-refractivity contribution >= 4 is 29.3 Å². The molecular weight excluding hydrogens is 336 g/mol. The molecule has 6 heteroatoms. The summed E-state index contributed by atoms with van der Waals surface area (Å²) in [7, 11) is 1.62. The molecule has 0 atom stereocenters. The first-order chi connectivity index (χ1) is 12.1. The Morgan fingerprint density at radius 3 is 2.60 bits per heavy atom. The number of benzene rings is 2. The second-order valence-corrected chi connectivity index (χ2v) is 6.89. The quantitative estimate of drug-likeness (QED) is 0.747. The Morgan fingerprint density at radius 2 is 1.92 bits per heavy atom. The molecule has 0 aromatic heterocycles. The molecule has 25 heavy (non-hydrogen) atoms. The number of ether oxygens (including phenoxy) is 1. The van der Waals surface area contributed by atoms with Gasteiger partial charge in [-0.1, -0.05) is 6.07 Å². The number of nitrogens with one attached hydrogen (secondary N) is 2. The molecular formula is C19H20N2O3S. The van der Waals surface area contributed by atoms with Gasteiger partial charge in [-0.2, -0.15) is 0 Å². The second-order valence-electron chi connectivity index (χ2n) is 5.84. The van der Waals surface area contributed by atoms with E-state index in [0.29, 0.717) is 23.0 Å². The van der Waals surface area contributed by atoms with E-state index in [-0.39, 0.29) is 11.8 Å². The zero-order valence-corrected chi connectivity index (χ0v) is 14.8. The lowest BCUT2D eigenvalue weighted by atomic mass is 10.2. The fraction of sp³-hybridized carbons (Fsp3) is 0.263. The summed E-state index contributed by atoms with van der Waals surface area (Å²) < 4.78 is 5.11. The van der Waals surface area contributed by atoms with Gasteiger partial charge in [-0.15, -0.1) is 11.8 Å². The summed E-state index contributed by atoms with van der Waals surface area (Å²) >= 11 is 1.45. The smallest absolute Gasteiger partial charge is 0.251 e. The van der Waals surface area contributed by atoms with Crippen molar-refractivity contribution in [2.45, 2.75) is 23.8 Å². The van der Waals surface area contributed by atoms with Crippen LogP contribution in [0, 0.1) is 0 Å². The molecule has 130 valence electrons. The van der Waals surface area contributed by atoms with Crippen molar-refractivity contribution in [1.29, 1.82) is 0 Å². The molecule has 0 heterocycles. The third kappa shape index (κ3) is 5.26. The molecule has 0 saturated heterocycles. The van der Waals surface area contributed by atoms with Crippen molar-refractivity contribution in [2.24, 2.45) is 0 Å². The number of hydrogen-bond acceptors (Lipinski definition) is 4. The lowest BCUT2D eigenvalue weighted by Crippen LogP contribution is -2.25. The van der Waals surface area contributed by atoms with Crippen molar-refractivity contribution in [3.05, 3.63) is 54.1 Å². The Kier molecular flexibility index (Phi) is 5.60. The third-order valence-electron chi connectivity index (χ3n) is 3.75. The minimum absolute atomic E-state index is 0.0915. The van der Waals surface area contributed by atoms with E-state index in [1.807, 2.05) is 24.3 Å². The lowest BCUT2D eigenvalue weighted by molar-refractivity contribution is -0.113. The molecule has 2 aromatic rings. The molecule has 5 nitrogen and oxygen atoms in total. The third-order valence-corrected chi connectivity index (χ3v) is 4.76. The summed E-state index contributed by atoms with van der Waals surface area (Å²) in [6.07, 6.45) is 2.09. The molecule has 0 aliphatic heterocycles. The predicted molar refractivity (Wildman–Crippen MR) is 99.3 cm³/mol. The highest BCUT2D eigenvalue weighted by molar-refractivity contribution is 8.00. The number of carbonyl (C=O) groups excluding carboxylic acids is 2. The molecule has 2 amide bonds. The summed E-state index contributed by atoms with van der Waals surface area (Å²) in [5, 5.41) is 5.78. The van der Waals surface area contributed by atoms with E-state index in [9.17, 15) is 9.59 Å². The van der Waals surface area contributed by atoms with Crippen molar-refractivity contribution in [3.8, 4) is 5.75 Å². The van der Waals surface area contributed by atoms with Crippen molar-refractivity contribution in [3.63, 3.8) is 0 Å². The Hall–Kier alpha value is -2.47. The average Bonchev–Trinajstić information content (AvgIpc) is 3.44. The van der Waals surface area contributed by atoms with Crippen LogP contribution >= 0.6 is 11.8 Å². The summed E-state index contributed by atoms with van der Waals surface area (Å²) in [5.41, 5.74) is 1.19. The maximum absolute atomic E-state index is 12.1. The minimum atomic E-state index is -0.111. The summed E-state index contributed by atoms with van der Waals surface area (Å²) in [6, 6.07) is 14.9. The second kappa shape index (κ2) is 8.07. The van der Waals surface area contributed by atoms with E-state index < -0.39 is 0 Å². The fourth-order valence-corrected chi connectivity index (χ4v) is 2.95. The first-order valence-corrected chi connectivity index (χ1v) is 9.10.